The van der Waals surface area contributed by atoms with Crippen LogP contribution in [0.15, 0.2) is 54.6 Å². The quantitative estimate of drug-likeness (QED) is 0.750. The smallest absolute Gasteiger partial charge is 0.220 e. The summed E-state index contributed by atoms with van der Waals surface area (Å²) in [6.45, 7) is 0.609. The predicted molar refractivity (Wildman–Crippen MR) is 104 cm³/mol. The van der Waals surface area contributed by atoms with Crippen LogP contribution in [0.2, 0.25) is 0 Å². The van der Waals surface area contributed by atoms with E-state index in [0.29, 0.717) is 18.0 Å². The summed E-state index contributed by atoms with van der Waals surface area (Å²) >= 11 is 0. The van der Waals surface area contributed by atoms with Gasteiger partial charge in [0.1, 0.15) is 0 Å². The summed E-state index contributed by atoms with van der Waals surface area (Å²) in [7, 11) is 0. The van der Waals surface area contributed by atoms with Crippen LogP contribution in [-0.2, 0) is 4.79 Å². The summed E-state index contributed by atoms with van der Waals surface area (Å²) in [5.41, 5.74) is 8.60. The number of amides is 1. The first kappa shape index (κ1) is 18.3. The molecule has 0 heterocycles. The topological polar surface area (TPSA) is 72.2 Å². The fourth-order valence-electron chi connectivity index (χ4n) is 3.64. The van der Waals surface area contributed by atoms with E-state index in [9.17, 15) is 9.59 Å². The molecule has 2 aromatic rings. The number of benzene rings is 2. The number of nitrogens with two attached hydrogens (primary N) is 1. The van der Waals surface area contributed by atoms with E-state index >= 15 is 0 Å². The summed E-state index contributed by atoms with van der Waals surface area (Å²) in [6.07, 6.45) is 3.64. The minimum atomic E-state index is -0.0513. The molecule has 1 saturated carbocycles. The molecule has 4 heteroatoms. The number of hydrogen-bond acceptors (Lipinski definition) is 3. The second-order valence-electron chi connectivity index (χ2n) is 6.97. The molecule has 0 aliphatic heterocycles. The molecule has 2 aromatic carbocycles. The molecule has 26 heavy (non-hydrogen) atoms. The maximum absolute atomic E-state index is 12.4. The first-order chi connectivity index (χ1) is 12.7. The van der Waals surface area contributed by atoms with Crippen LogP contribution in [0.1, 0.15) is 42.5 Å². The molecular formula is C22H26N2O2. The number of hydrogen-bond donors (Lipinski definition) is 2. The van der Waals surface area contributed by atoms with Crippen molar-refractivity contribution in [2.75, 3.05) is 6.54 Å². The van der Waals surface area contributed by atoms with Gasteiger partial charge in [0.2, 0.25) is 5.91 Å². The lowest BCUT2D eigenvalue weighted by atomic mass is 10.0. The van der Waals surface area contributed by atoms with Gasteiger partial charge in [0.25, 0.3) is 0 Å². The van der Waals surface area contributed by atoms with Crippen LogP contribution in [0.4, 0.5) is 0 Å². The van der Waals surface area contributed by atoms with Crippen molar-refractivity contribution in [3.8, 4) is 11.1 Å². The van der Waals surface area contributed by atoms with Crippen molar-refractivity contribution in [3.05, 3.63) is 60.2 Å². The summed E-state index contributed by atoms with van der Waals surface area (Å²) in [5, 5.41) is 3.05. The SMILES string of the molecule is NCC1CCCC1NC(=O)CCC(=O)c1ccc(-c2ccccc2)cc1. The third kappa shape index (κ3) is 4.58. The van der Waals surface area contributed by atoms with Crippen LogP contribution in [0.25, 0.3) is 11.1 Å². The Bertz CT molecular complexity index is 740. The molecule has 1 aliphatic rings. The summed E-state index contributed by atoms with van der Waals surface area (Å²) in [4.78, 5) is 24.5. The van der Waals surface area contributed by atoms with E-state index in [1.807, 2.05) is 54.6 Å². The number of Topliss-reactive ketones (excluding diaryl/α,β-unsaturated/α-hetero) is 1. The molecule has 3 rings (SSSR count). The number of carbonyl (C=O) groups is 2. The average molecular weight is 350 g/mol. The lowest BCUT2D eigenvalue weighted by molar-refractivity contribution is -0.122. The molecular weight excluding hydrogens is 324 g/mol. The normalized spacial score (nSPS) is 19.3. The van der Waals surface area contributed by atoms with E-state index in [4.69, 9.17) is 5.73 Å². The number of nitrogens with one attached hydrogen (secondary N) is 1. The fourth-order valence-corrected chi connectivity index (χ4v) is 3.64. The molecule has 0 saturated heterocycles. The van der Waals surface area contributed by atoms with Gasteiger partial charge in [-0.25, -0.2) is 0 Å². The monoisotopic (exact) mass is 350 g/mol. The van der Waals surface area contributed by atoms with Gasteiger partial charge in [-0.15, -0.1) is 0 Å². The van der Waals surface area contributed by atoms with E-state index in [0.717, 1.165) is 30.4 Å². The van der Waals surface area contributed by atoms with Gasteiger partial charge in [0, 0.05) is 24.4 Å². The Hall–Kier alpha value is -2.46. The Kier molecular flexibility index (Phi) is 6.18. The number of rotatable bonds is 7. The van der Waals surface area contributed by atoms with Gasteiger partial charge in [-0.2, -0.15) is 0 Å². The average Bonchev–Trinajstić information content (AvgIpc) is 3.14. The molecule has 136 valence electrons. The Balaban J connectivity index is 1.51. The Morgan fingerprint density at radius 3 is 2.31 bits per heavy atom. The van der Waals surface area contributed by atoms with Crippen molar-refractivity contribution in [2.24, 2.45) is 11.7 Å². The molecule has 0 bridgehead atoms. The lowest BCUT2D eigenvalue weighted by Gasteiger charge is -2.19. The zero-order valence-electron chi connectivity index (χ0n) is 15.0. The van der Waals surface area contributed by atoms with Crippen molar-refractivity contribution in [1.29, 1.82) is 0 Å². The first-order valence-electron chi connectivity index (χ1n) is 9.35. The zero-order valence-corrected chi connectivity index (χ0v) is 15.0. The maximum atomic E-state index is 12.4. The fraction of sp³-hybridized carbons (Fsp3) is 0.364. The van der Waals surface area contributed by atoms with Crippen LogP contribution in [-0.4, -0.2) is 24.3 Å². The summed E-state index contributed by atoms with van der Waals surface area (Å²) < 4.78 is 0. The second kappa shape index (κ2) is 8.77. The maximum Gasteiger partial charge on any atom is 0.220 e. The molecule has 1 amide bonds. The highest BCUT2D eigenvalue weighted by Gasteiger charge is 2.27. The number of carbonyl (C=O) groups excluding carboxylic acids is 2. The van der Waals surface area contributed by atoms with Gasteiger partial charge in [0.15, 0.2) is 5.78 Å². The van der Waals surface area contributed by atoms with Crippen molar-refractivity contribution >= 4 is 11.7 Å². The van der Waals surface area contributed by atoms with E-state index in [1.54, 1.807) is 0 Å². The third-order valence-electron chi connectivity index (χ3n) is 5.20. The van der Waals surface area contributed by atoms with Crippen molar-refractivity contribution < 1.29 is 9.59 Å². The molecule has 2 unspecified atom stereocenters. The Labute approximate surface area is 154 Å². The minimum absolute atomic E-state index is 0.00144. The zero-order chi connectivity index (χ0) is 18.4. The summed E-state index contributed by atoms with van der Waals surface area (Å²) in [6, 6.07) is 17.8. The summed E-state index contributed by atoms with van der Waals surface area (Å²) in [5.74, 6) is 0.325. The highest BCUT2D eigenvalue weighted by Crippen LogP contribution is 2.24. The molecule has 2 atom stereocenters. The van der Waals surface area contributed by atoms with Crippen LogP contribution >= 0.6 is 0 Å². The van der Waals surface area contributed by atoms with Crippen molar-refractivity contribution in [1.82, 2.24) is 5.32 Å². The highest BCUT2D eigenvalue weighted by atomic mass is 16.2. The van der Waals surface area contributed by atoms with E-state index in [1.165, 1.54) is 0 Å². The van der Waals surface area contributed by atoms with Gasteiger partial charge in [0.05, 0.1) is 0 Å². The minimum Gasteiger partial charge on any atom is -0.353 e. The third-order valence-corrected chi connectivity index (χ3v) is 5.20. The van der Waals surface area contributed by atoms with Gasteiger partial charge >= 0.3 is 0 Å². The lowest BCUT2D eigenvalue weighted by Crippen LogP contribution is -2.39. The van der Waals surface area contributed by atoms with Gasteiger partial charge < -0.3 is 11.1 Å². The molecule has 4 nitrogen and oxygen atoms in total. The van der Waals surface area contributed by atoms with Gasteiger partial charge in [-0.1, -0.05) is 61.0 Å². The highest BCUT2D eigenvalue weighted by molar-refractivity contribution is 5.98. The molecule has 1 fully saturated rings. The van der Waals surface area contributed by atoms with Crippen LogP contribution in [0.5, 0.6) is 0 Å². The molecule has 0 aromatic heterocycles. The largest absolute Gasteiger partial charge is 0.353 e. The predicted octanol–water partition coefficient (Wildman–Crippen LogP) is 3.56. The van der Waals surface area contributed by atoms with E-state index < -0.39 is 0 Å². The first-order valence-corrected chi connectivity index (χ1v) is 9.35. The van der Waals surface area contributed by atoms with E-state index in [-0.39, 0.29) is 30.6 Å². The molecule has 3 N–H and O–H groups in total. The van der Waals surface area contributed by atoms with Crippen molar-refractivity contribution in [3.63, 3.8) is 0 Å². The standard InChI is InChI=1S/C22H26N2O2/c23-15-19-7-4-8-20(19)24-22(26)14-13-21(25)18-11-9-17(10-12-18)16-5-2-1-3-6-16/h1-3,5-6,9-12,19-20H,4,7-8,13-15,23H2,(H,24,26). The molecule has 0 spiro atoms. The van der Waals surface area contributed by atoms with Crippen LogP contribution < -0.4 is 11.1 Å². The van der Waals surface area contributed by atoms with Gasteiger partial charge in [-0.3, -0.25) is 9.59 Å². The number of ketones is 1. The second-order valence-corrected chi connectivity index (χ2v) is 6.97. The van der Waals surface area contributed by atoms with Crippen molar-refractivity contribution in [2.45, 2.75) is 38.1 Å². The van der Waals surface area contributed by atoms with E-state index in [2.05, 4.69) is 5.32 Å². The Morgan fingerprint density at radius 2 is 1.62 bits per heavy atom. The molecule has 1 aliphatic carbocycles. The Morgan fingerprint density at radius 1 is 0.923 bits per heavy atom. The molecule has 0 radical (unpaired) electrons. The van der Waals surface area contributed by atoms with Crippen LogP contribution in [0, 0.1) is 5.92 Å². The van der Waals surface area contributed by atoms with Gasteiger partial charge in [-0.05, 0) is 36.4 Å². The van der Waals surface area contributed by atoms with Crippen LogP contribution in [0.3, 0.4) is 0 Å².